The van der Waals surface area contributed by atoms with Gasteiger partial charge < -0.3 is 10.1 Å². The third-order valence-corrected chi connectivity index (χ3v) is 4.90. The maximum absolute atomic E-state index is 12.8. The topological polar surface area (TPSA) is 48.2 Å². The van der Waals surface area contributed by atoms with Crippen LogP contribution in [0.3, 0.4) is 0 Å². The molecule has 2 aromatic rings. The van der Waals surface area contributed by atoms with E-state index in [2.05, 4.69) is 19.2 Å². The summed E-state index contributed by atoms with van der Waals surface area (Å²) in [6.07, 6.45) is 2.40. The smallest absolute Gasteiger partial charge is 0.276 e. The molecule has 5 nitrogen and oxygen atoms in total. The molecule has 2 heterocycles. The van der Waals surface area contributed by atoms with Gasteiger partial charge in [-0.15, -0.1) is 0 Å². The van der Waals surface area contributed by atoms with Crippen LogP contribution in [0.25, 0.3) is 5.69 Å². The average molecular weight is 329 g/mol. The minimum Gasteiger partial charge on any atom is -0.371 e. The van der Waals surface area contributed by atoms with E-state index in [-0.39, 0.29) is 17.3 Å². The monoisotopic (exact) mass is 329 g/mol. The molecule has 0 radical (unpaired) electrons. The minimum atomic E-state index is -0.0188. The molecule has 1 aromatic heterocycles. The summed E-state index contributed by atoms with van der Waals surface area (Å²) in [5, 5.41) is 3.40. The average Bonchev–Trinajstić information content (AvgIpc) is 3.00. The normalized spacial score (nSPS) is 19.8. The van der Waals surface area contributed by atoms with Crippen LogP contribution in [0.2, 0.25) is 0 Å². The van der Waals surface area contributed by atoms with Crippen molar-refractivity contribution in [3.63, 3.8) is 0 Å². The van der Waals surface area contributed by atoms with Crippen LogP contribution in [0.15, 0.2) is 35.1 Å². The van der Waals surface area contributed by atoms with Crippen LogP contribution in [0, 0.1) is 6.92 Å². The fourth-order valence-electron chi connectivity index (χ4n) is 3.41. The standard InChI is InChI=1S/C19H27N3O2/c1-14-17(13-20-12-16-10-11-19(2,3)24-16)18(23)22(21(14)4)15-8-6-5-7-9-15/h5-9,16,20H,10-13H2,1-4H3. The van der Waals surface area contributed by atoms with Crippen LogP contribution in [0.4, 0.5) is 0 Å². The molecule has 24 heavy (non-hydrogen) atoms. The number of para-hydroxylation sites is 1. The summed E-state index contributed by atoms with van der Waals surface area (Å²) in [6.45, 7) is 7.61. The van der Waals surface area contributed by atoms with Crippen LogP contribution >= 0.6 is 0 Å². The van der Waals surface area contributed by atoms with Crippen LogP contribution in [0.1, 0.15) is 37.9 Å². The van der Waals surface area contributed by atoms with Gasteiger partial charge in [0.2, 0.25) is 0 Å². The molecule has 1 aliphatic heterocycles. The molecule has 0 amide bonds. The lowest BCUT2D eigenvalue weighted by Crippen LogP contribution is -2.30. The number of aromatic nitrogens is 2. The SMILES string of the molecule is Cc1c(CNCC2CCC(C)(C)O2)c(=O)n(-c2ccccc2)n1C. The molecule has 130 valence electrons. The van der Waals surface area contributed by atoms with Gasteiger partial charge in [-0.25, -0.2) is 4.68 Å². The van der Waals surface area contributed by atoms with Gasteiger partial charge in [0.1, 0.15) is 0 Å². The van der Waals surface area contributed by atoms with E-state index in [1.165, 1.54) is 0 Å². The van der Waals surface area contributed by atoms with Gasteiger partial charge in [0, 0.05) is 25.8 Å². The molecule has 1 saturated heterocycles. The predicted molar refractivity (Wildman–Crippen MR) is 95.6 cm³/mol. The van der Waals surface area contributed by atoms with Crippen molar-refractivity contribution in [2.45, 2.75) is 51.9 Å². The van der Waals surface area contributed by atoms with Crippen molar-refractivity contribution in [1.82, 2.24) is 14.7 Å². The minimum absolute atomic E-state index is 0.0188. The van der Waals surface area contributed by atoms with Gasteiger partial charge in [-0.05, 0) is 45.7 Å². The molecular weight excluding hydrogens is 302 g/mol. The van der Waals surface area contributed by atoms with Crippen LogP contribution in [-0.2, 0) is 18.3 Å². The highest BCUT2D eigenvalue weighted by atomic mass is 16.5. The van der Waals surface area contributed by atoms with E-state index in [4.69, 9.17) is 4.74 Å². The van der Waals surface area contributed by atoms with Crippen LogP contribution in [-0.4, -0.2) is 27.6 Å². The summed E-state index contributed by atoms with van der Waals surface area (Å²) < 4.78 is 9.64. The second-order valence-corrected chi connectivity index (χ2v) is 7.21. The lowest BCUT2D eigenvalue weighted by Gasteiger charge is -2.19. The summed E-state index contributed by atoms with van der Waals surface area (Å²) in [5.74, 6) is 0. The summed E-state index contributed by atoms with van der Waals surface area (Å²) in [7, 11) is 1.93. The Balaban J connectivity index is 1.72. The quantitative estimate of drug-likeness (QED) is 0.917. The van der Waals surface area contributed by atoms with Crippen LogP contribution in [0.5, 0.6) is 0 Å². The number of rotatable bonds is 5. The molecule has 0 saturated carbocycles. The molecule has 0 spiro atoms. The molecule has 1 aromatic carbocycles. The van der Waals surface area contributed by atoms with Crippen LogP contribution < -0.4 is 10.9 Å². The highest BCUT2D eigenvalue weighted by molar-refractivity contribution is 5.33. The maximum Gasteiger partial charge on any atom is 0.276 e. The fourth-order valence-corrected chi connectivity index (χ4v) is 3.41. The van der Waals surface area contributed by atoms with Crippen molar-refractivity contribution in [2.24, 2.45) is 7.05 Å². The van der Waals surface area contributed by atoms with Gasteiger partial charge in [0.15, 0.2) is 0 Å². The molecule has 1 unspecified atom stereocenters. The molecular formula is C19H27N3O2. The molecule has 0 bridgehead atoms. The first-order valence-electron chi connectivity index (χ1n) is 8.60. The van der Waals surface area contributed by atoms with E-state index >= 15 is 0 Å². The second kappa shape index (κ2) is 6.57. The Kier molecular flexibility index (Phi) is 4.65. The lowest BCUT2D eigenvalue weighted by molar-refractivity contribution is -0.0143. The van der Waals surface area contributed by atoms with E-state index in [9.17, 15) is 4.79 Å². The second-order valence-electron chi connectivity index (χ2n) is 7.21. The van der Waals surface area contributed by atoms with E-state index in [0.29, 0.717) is 6.54 Å². The summed E-state index contributed by atoms with van der Waals surface area (Å²) in [6, 6.07) is 9.75. The van der Waals surface area contributed by atoms with Gasteiger partial charge in [0.05, 0.1) is 23.0 Å². The lowest BCUT2D eigenvalue weighted by atomic mass is 10.1. The Morgan fingerprint density at radius 1 is 1.29 bits per heavy atom. The Morgan fingerprint density at radius 2 is 2.00 bits per heavy atom. The zero-order valence-electron chi connectivity index (χ0n) is 15.0. The van der Waals surface area contributed by atoms with Crippen molar-refractivity contribution < 1.29 is 4.74 Å². The first-order valence-corrected chi connectivity index (χ1v) is 8.60. The zero-order chi connectivity index (χ0) is 17.3. The number of nitrogens with zero attached hydrogens (tertiary/aromatic N) is 2. The largest absolute Gasteiger partial charge is 0.371 e. The van der Waals surface area contributed by atoms with E-state index < -0.39 is 0 Å². The summed E-state index contributed by atoms with van der Waals surface area (Å²) >= 11 is 0. The van der Waals surface area contributed by atoms with Gasteiger partial charge in [-0.1, -0.05) is 18.2 Å². The van der Waals surface area contributed by atoms with Gasteiger partial charge in [-0.3, -0.25) is 9.48 Å². The first kappa shape index (κ1) is 17.0. The first-order chi connectivity index (χ1) is 11.4. The zero-order valence-corrected chi connectivity index (χ0v) is 15.0. The molecule has 1 atom stereocenters. The van der Waals surface area contributed by atoms with E-state index in [1.807, 2.05) is 49.0 Å². The van der Waals surface area contributed by atoms with Gasteiger partial charge in [-0.2, -0.15) is 0 Å². The molecule has 1 aliphatic rings. The van der Waals surface area contributed by atoms with Crippen molar-refractivity contribution in [2.75, 3.05) is 6.54 Å². The fraction of sp³-hybridized carbons (Fsp3) is 0.526. The van der Waals surface area contributed by atoms with Crippen molar-refractivity contribution in [3.05, 3.63) is 51.9 Å². The molecule has 3 rings (SSSR count). The third kappa shape index (κ3) is 3.32. The maximum atomic E-state index is 12.8. The number of nitrogens with one attached hydrogen (secondary N) is 1. The Morgan fingerprint density at radius 3 is 2.62 bits per heavy atom. The number of ether oxygens (including phenoxy) is 1. The predicted octanol–water partition coefficient (Wildman–Crippen LogP) is 2.53. The van der Waals surface area contributed by atoms with Crippen molar-refractivity contribution in [3.8, 4) is 5.69 Å². The number of hydrogen-bond acceptors (Lipinski definition) is 3. The van der Waals surface area contributed by atoms with E-state index in [0.717, 1.165) is 36.3 Å². The summed E-state index contributed by atoms with van der Waals surface area (Å²) in [5.41, 5.74) is 2.72. The molecule has 0 aliphatic carbocycles. The van der Waals surface area contributed by atoms with Gasteiger partial charge >= 0.3 is 0 Å². The molecule has 5 heteroatoms. The third-order valence-electron chi connectivity index (χ3n) is 4.90. The Hall–Kier alpha value is -1.85. The Bertz CT molecular complexity index is 759. The number of hydrogen-bond donors (Lipinski definition) is 1. The highest BCUT2D eigenvalue weighted by Crippen LogP contribution is 2.28. The van der Waals surface area contributed by atoms with Crippen molar-refractivity contribution >= 4 is 0 Å². The van der Waals surface area contributed by atoms with Gasteiger partial charge in [0.25, 0.3) is 5.56 Å². The van der Waals surface area contributed by atoms with Crippen molar-refractivity contribution in [1.29, 1.82) is 0 Å². The molecule has 1 fully saturated rings. The van der Waals surface area contributed by atoms with E-state index in [1.54, 1.807) is 4.68 Å². The summed E-state index contributed by atoms with van der Waals surface area (Å²) in [4.78, 5) is 12.8. The highest BCUT2D eigenvalue weighted by Gasteiger charge is 2.31. The Labute approximate surface area is 143 Å². The molecule has 1 N–H and O–H groups in total. The number of benzene rings is 1.